The Kier molecular flexibility index (Phi) is 4.78. The smallest absolute Gasteiger partial charge is 0.250 e. The van der Waals surface area contributed by atoms with Crippen LogP contribution in [0.25, 0.3) is 22.4 Å². The highest BCUT2D eigenvalue weighted by atomic mass is 19.1. The minimum atomic E-state index is -1.08. The zero-order valence-corrected chi connectivity index (χ0v) is 18.2. The molecule has 7 nitrogen and oxygen atoms in total. The van der Waals surface area contributed by atoms with Crippen LogP contribution in [0.3, 0.4) is 0 Å². The van der Waals surface area contributed by atoms with Crippen LogP contribution in [0, 0.1) is 5.92 Å². The van der Waals surface area contributed by atoms with Crippen molar-refractivity contribution in [1.29, 1.82) is 0 Å². The normalized spacial score (nSPS) is 27.1. The summed E-state index contributed by atoms with van der Waals surface area (Å²) in [5.41, 5.74) is 1.81. The van der Waals surface area contributed by atoms with Crippen molar-refractivity contribution in [2.24, 2.45) is 13.0 Å². The molecule has 2 aromatic heterocycles. The van der Waals surface area contributed by atoms with E-state index in [1.165, 1.54) is 10.6 Å². The Labute approximate surface area is 185 Å². The lowest BCUT2D eigenvalue weighted by molar-refractivity contribution is -0.0143. The summed E-state index contributed by atoms with van der Waals surface area (Å²) in [5, 5.41) is 18.8. The van der Waals surface area contributed by atoms with E-state index in [1.807, 2.05) is 26.1 Å². The van der Waals surface area contributed by atoms with Crippen LogP contribution < -0.4 is 10.3 Å². The van der Waals surface area contributed by atoms with Crippen molar-refractivity contribution in [2.75, 3.05) is 13.6 Å². The molecule has 1 saturated carbocycles. The first-order valence-corrected chi connectivity index (χ1v) is 10.6. The molecule has 0 amide bonds. The minimum Gasteiger partial charge on any atom is -0.507 e. The Morgan fingerprint density at radius 3 is 2.53 bits per heavy atom. The fourth-order valence-corrected chi connectivity index (χ4v) is 4.93. The van der Waals surface area contributed by atoms with Crippen molar-refractivity contribution in [2.45, 2.75) is 31.2 Å². The first-order chi connectivity index (χ1) is 15.3. The molecule has 2 aliphatic rings. The van der Waals surface area contributed by atoms with Gasteiger partial charge < -0.3 is 14.4 Å². The van der Waals surface area contributed by atoms with Crippen LogP contribution in [0.2, 0.25) is 0 Å². The van der Waals surface area contributed by atoms with Crippen LogP contribution >= 0.6 is 0 Å². The summed E-state index contributed by atoms with van der Waals surface area (Å²) < 4.78 is 22.3. The summed E-state index contributed by atoms with van der Waals surface area (Å²) in [7, 11) is 3.63. The topological polar surface area (TPSA) is 80.5 Å². The zero-order valence-electron chi connectivity index (χ0n) is 18.2. The van der Waals surface area contributed by atoms with E-state index in [0.29, 0.717) is 11.3 Å². The molecule has 4 atom stereocenters. The second kappa shape index (κ2) is 7.41. The van der Waals surface area contributed by atoms with Crippen LogP contribution in [0.1, 0.15) is 13.3 Å². The molecule has 1 saturated heterocycles. The van der Waals surface area contributed by atoms with Gasteiger partial charge in [0.15, 0.2) is 6.17 Å². The van der Waals surface area contributed by atoms with E-state index in [-0.39, 0.29) is 23.1 Å². The number of likely N-dealkylation sites (tertiary alicyclic amines) is 1. The number of aromatic nitrogens is 3. The number of fused-ring (bicyclic) bond motifs is 2. The molecular formula is C24H25FN4O3. The van der Waals surface area contributed by atoms with Crippen LogP contribution in [0.5, 0.6) is 11.6 Å². The van der Waals surface area contributed by atoms with Gasteiger partial charge >= 0.3 is 0 Å². The van der Waals surface area contributed by atoms with E-state index in [0.717, 1.165) is 24.1 Å². The van der Waals surface area contributed by atoms with E-state index in [4.69, 9.17) is 4.74 Å². The fraction of sp³-hybridized carbons (Fsp3) is 0.375. The second-order valence-electron chi connectivity index (χ2n) is 9.04. The highest BCUT2D eigenvalue weighted by molar-refractivity contribution is 5.74. The number of rotatable bonds is 4. The highest BCUT2D eigenvalue weighted by Crippen LogP contribution is 2.48. The zero-order chi connectivity index (χ0) is 22.6. The molecule has 1 N–H and O–H groups in total. The number of ether oxygens (including phenoxy) is 1. The van der Waals surface area contributed by atoms with E-state index in [9.17, 15) is 14.3 Å². The van der Waals surface area contributed by atoms with Crippen molar-refractivity contribution in [3.8, 4) is 34.0 Å². The van der Waals surface area contributed by atoms with Gasteiger partial charge in [-0.15, -0.1) is 10.2 Å². The third-order valence-corrected chi connectivity index (χ3v) is 7.01. The molecule has 2 fully saturated rings. The minimum absolute atomic E-state index is 0.0269. The van der Waals surface area contributed by atoms with Gasteiger partial charge in [0.25, 0.3) is 5.56 Å². The largest absolute Gasteiger partial charge is 0.507 e. The molecule has 3 aromatic rings. The van der Waals surface area contributed by atoms with Gasteiger partial charge in [0.1, 0.15) is 11.9 Å². The Morgan fingerprint density at radius 1 is 1.12 bits per heavy atom. The number of aromatic hydroxyl groups is 1. The molecule has 166 valence electrons. The van der Waals surface area contributed by atoms with Crippen LogP contribution in [-0.2, 0) is 7.05 Å². The van der Waals surface area contributed by atoms with Gasteiger partial charge in [0.05, 0.1) is 11.2 Å². The number of hydrogen-bond acceptors (Lipinski definition) is 6. The third-order valence-electron chi connectivity index (χ3n) is 7.01. The van der Waals surface area contributed by atoms with Crippen molar-refractivity contribution in [1.82, 2.24) is 19.7 Å². The maximum Gasteiger partial charge on any atom is 0.250 e. The Bertz CT molecular complexity index is 1230. The molecule has 5 rings (SSSR count). The van der Waals surface area contributed by atoms with Crippen LogP contribution in [-0.4, -0.2) is 56.2 Å². The molecular weight excluding hydrogens is 411 g/mol. The molecule has 32 heavy (non-hydrogen) atoms. The van der Waals surface area contributed by atoms with Gasteiger partial charge in [-0.3, -0.25) is 9.69 Å². The van der Waals surface area contributed by atoms with E-state index in [1.54, 1.807) is 37.5 Å². The molecule has 1 aromatic carbocycles. The van der Waals surface area contributed by atoms with Crippen molar-refractivity contribution in [3.63, 3.8) is 0 Å². The molecule has 1 aliphatic heterocycles. The summed E-state index contributed by atoms with van der Waals surface area (Å²) in [6.45, 7) is 2.75. The number of benzene rings is 1. The standard InChI is InChI=1S/C24H25FN4O3/c1-24-12-16(13-29(24)3)22(23(24)25)32-20-7-6-18(26-27-20)17-5-4-14(10-19(17)30)15-8-9-28(2)21(31)11-15/h4-11,16,22-23,30H,12-13H2,1-3H3/t16?,22-,23+,24-/m1/s1. The Morgan fingerprint density at radius 2 is 1.91 bits per heavy atom. The number of hydrogen-bond donors (Lipinski definition) is 1. The van der Waals surface area contributed by atoms with Crippen molar-refractivity contribution < 1.29 is 14.2 Å². The van der Waals surface area contributed by atoms with Crippen molar-refractivity contribution in [3.05, 3.63) is 59.0 Å². The summed E-state index contributed by atoms with van der Waals surface area (Å²) in [6.07, 6.45) is 0.847. The van der Waals surface area contributed by atoms with Gasteiger partial charge in [-0.2, -0.15) is 0 Å². The van der Waals surface area contributed by atoms with Gasteiger partial charge in [0, 0.05) is 43.4 Å². The number of phenolic OH excluding ortho intramolecular Hbond substituents is 1. The molecule has 0 radical (unpaired) electrons. The third kappa shape index (κ3) is 3.26. The summed E-state index contributed by atoms with van der Waals surface area (Å²) in [6, 6.07) is 11.8. The van der Waals surface area contributed by atoms with E-state index < -0.39 is 17.8 Å². The van der Waals surface area contributed by atoms with Gasteiger partial charge in [-0.1, -0.05) is 6.07 Å². The lowest BCUT2D eigenvalue weighted by Gasteiger charge is -2.38. The predicted octanol–water partition coefficient (Wildman–Crippen LogP) is 3.02. The van der Waals surface area contributed by atoms with Gasteiger partial charge in [-0.25, -0.2) is 4.39 Å². The molecule has 8 heteroatoms. The maximum absolute atomic E-state index is 15.0. The number of aryl methyl sites for hydroxylation is 1. The summed E-state index contributed by atoms with van der Waals surface area (Å²) >= 11 is 0. The lowest BCUT2D eigenvalue weighted by Crippen LogP contribution is -2.54. The Hall–Kier alpha value is -3.26. The molecule has 1 aliphatic carbocycles. The first-order valence-electron chi connectivity index (χ1n) is 10.6. The number of nitrogens with zero attached hydrogens (tertiary/aromatic N) is 4. The SMILES string of the molecule is CN1CC2C[C@]1(C)[C@@H](F)[C@@H]2Oc1ccc(-c2ccc(-c3ccn(C)c(=O)c3)cc2O)nn1. The summed E-state index contributed by atoms with van der Waals surface area (Å²) in [5.74, 6) is 0.434. The number of alkyl halides is 1. The number of piperidine rings is 1. The van der Waals surface area contributed by atoms with Crippen LogP contribution in [0.4, 0.5) is 4.39 Å². The maximum atomic E-state index is 15.0. The molecule has 2 bridgehead atoms. The molecule has 1 unspecified atom stereocenters. The quantitative estimate of drug-likeness (QED) is 0.677. The Balaban J connectivity index is 1.34. The second-order valence-corrected chi connectivity index (χ2v) is 9.04. The predicted molar refractivity (Wildman–Crippen MR) is 118 cm³/mol. The van der Waals surface area contributed by atoms with Gasteiger partial charge in [-0.05, 0) is 55.8 Å². The van der Waals surface area contributed by atoms with Gasteiger partial charge in [0.2, 0.25) is 5.88 Å². The highest BCUT2D eigenvalue weighted by Gasteiger charge is 2.60. The van der Waals surface area contributed by atoms with Crippen LogP contribution in [0.15, 0.2) is 53.5 Å². The fourth-order valence-electron chi connectivity index (χ4n) is 4.93. The number of halogens is 1. The monoisotopic (exact) mass is 436 g/mol. The number of pyridine rings is 1. The summed E-state index contributed by atoms with van der Waals surface area (Å²) in [4.78, 5) is 13.9. The number of phenols is 1. The average Bonchev–Trinajstić information content (AvgIpc) is 3.20. The van der Waals surface area contributed by atoms with E-state index >= 15 is 0 Å². The van der Waals surface area contributed by atoms with Crippen molar-refractivity contribution >= 4 is 0 Å². The molecule has 0 spiro atoms. The average molecular weight is 436 g/mol. The molecule has 3 heterocycles. The van der Waals surface area contributed by atoms with E-state index in [2.05, 4.69) is 15.1 Å². The first kappa shape index (κ1) is 20.6. The lowest BCUT2D eigenvalue weighted by atomic mass is 9.97.